The molecule has 2 N–H and O–H groups in total. The lowest BCUT2D eigenvalue weighted by atomic mass is 10.3. The van der Waals surface area contributed by atoms with Gasteiger partial charge in [0.15, 0.2) is 0 Å². The summed E-state index contributed by atoms with van der Waals surface area (Å²) in [6, 6.07) is 0. The molecule has 0 radical (unpaired) electrons. The number of piperazine rings is 1. The summed E-state index contributed by atoms with van der Waals surface area (Å²) in [5.74, 6) is 1.91. The topological polar surface area (TPSA) is 53.3 Å². The van der Waals surface area contributed by atoms with E-state index in [0.717, 1.165) is 63.2 Å². The Bertz CT molecular complexity index is 322. The van der Waals surface area contributed by atoms with Gasteiger partial charge in [-0.1, -0.05) is 0 Å². The first-order valence-corrected chi connectivity index (χ1v) is 5.53. The lowest BCUT2D eigenvalue weighted by molar-refractivity contribution is 0.210. The van der Waals surface area contributed by atoms with Crippen molar-refractivity contribution in [1.82, 2.24) is 20.5 Å². The predicted molar refractivity (Wildman–Crippen MR) is 55.2 cm³/mol. The molecule has 1 aromatic heterocycles. The summed E-state index contributed by atoms with van der Waals surface area (Å²) < 4.78 is 5.69. The lowest BCUT2D eigenvalue weighted by Crippen LogP contribution is -2.42. The van der Waals surface area contributed by atoms with Gasteiger partial charge in [-0.3, -0.25) is 4.90 Å². The second-order valence-electron chi connectivity index (χ2n) is 4.11. The van der Waals surface area contributed by atoms with Crippen molar-refractivity contribution in [2.45, 2.75) is 19.6 Å². The minimum Gasteiger partial charge on any atom is -0.443 e. The Morgan fingerprint density at radius 2 is 2.07 bits per heavy atom. The summed E-state index contributed by atoms with van der Waals surface area (Å²) in [5.41, 5.74) is 1.10. The number of nitrogens with zero attached hydrogens (tertiary/aromatic N) is 2. The van der Waals surface area contributed by atoms with Crippen molar-refractivity contribution in [3.8, 4) is 0 Å². The molecule has 0 aliphatic carbocycles. The molecule has 1 saturated heterocycles. The highest BCUT2D eigenvalue weighted by atomic mass is 16.4. The molecular formula is C10H16N4O. The predicted octanol–water partition coefficient (Wildman–Crippen LogP) is -0.317. The largest absolute Gasteiger partial charge is 0.443 e. The van der Waals surface area contributed by atoms with E-state index in [1.807, 2.05) is 0 Å². The molecule has 0 unspecified atom stereocenters. The van der Waals surface area contributed by atoms with Crippen molar-refractivity contribution in [3.63, 3.8) is 0 Å². The van der Waals surface area contributed by atoms with Crippen LogP contribution in [0.15, 0.2) is 4.42 Å². The van der Waals surface area contributed by atoms with E-state index >= 15 is 0 Å². The van der Waals surface area contributed by atoms with Crippen molar-refractivity contribution in [1.29, 1.82) is 0 Å². The highest BCUT2D eigenvalue weighted by Crippen LogP contribution is 2.17. The zero-order valence-corrected chi connectivity index (χ0v) is 8.75. The molecule has 0 spiro atoms. The molecule has 1 fully saturated rings. The first-order valence-electron chi connectivity index (χ1n) is 5.53. The van der Waals surface area contributed by atoms with Gasteiger partial charge in [-0.2, -0.15) is 0 Å². The van der Waals surface area contributed by atoms with Crippen molar-refractivity contribution in [2.24, 2.45) is 0 Å². The van der Waals surface area contributed by atoms with Gasteiger partial charge in [0.25, 0.3) is 0 Å². The molecular weight excluding hydrogens is 192 g/mol. The standard InChI is InChI=1S/C10H16N4O/c1-3-14(4-2-11-1)7-10-13-8-5-12-6-9(8)15-10/h11-12H,1-7H2. The van der Waals surface area contributed by atoms with Gasteiger partial charge in [0.2, 0.25) is 5.89 Å². The minimum atomic E-state index is 0.837. The fraction of sp³-hybridized carbons (Fsp3) is 0.700. The molecule has 3 rings (SSSR count). The van der Waals surface area contributed by atoms with Crippen LogP contribution in [0.5, 0.6) is 0 Å². The zero-order valence-electron chi connectivity index (χ0n) is 8.75. The van der Waals surface area contributed by atoms with Crippen LogP contribution < -0.4 is 10.6 Å². The quantitative estimate of drug-likeness (QED) is 0.698. The second kappa shape index (κ2) is 3.92. The Morgan fingerprint density at radius 1 is 1.20 bits per heavy atom. The SMILES string of the molecule is C1CN(Cc2nc3c(o2)CNC3)CCN1. The van der Waals surface area contributed by atoms with Gasteiger partial charge in [-0.05, 0) is 0 Å². The Labute approximate surface area is 88.8 Å². The summed E-state index contributed by atoms with van der Waals surface area (Å²) in [5, 5.41) is 6.56. The van der Waals surface area contributed by atoms with Crippen molar-refractivity contribution < 1.29 is 4.42 Å². The number of nitrogens with one attached hydrogen (secondary N) is 2. The number of oxazole rings is 1. The lowest BCUT2D eigenvalue weighted by Gasteiger charge is -2.25. The maximum atomic E-state index is 5.69. The van der Waals surface area contributed by atoms with Gasteiger partial charge in [0, 0.05) is 32.7 Å². The van der Waals surface area contributed by atoms with Crippen LogP contribution in [0.2, 0.25) is 0 Å². The molecule has 5 nitrogen and oxygen atoms in total. The highest BCUT2D eigenvalue weighted by molar-refractivity contribution is 5.14. The van der Waals surface area contributed by atoms with Crippen LogP contribution in [0, 0.1) is 0 Å². The first-order chi connectivity index (χ1) is 7.42. The average molecular weight is 208 g/mol. The molecule has 0 atom stereocenters. The second-order valence-corrected chi connectivity index (χ2v) is 4.11. The van der Waals surface area contributed by atoms with Crippen molar-refractivity contribution in [2.75, 3.05) is 26.2 Å². The molecule has 3 heterocycles. The van der Waals surface area contributed by atoms with Crippen molar-refractivity contribution in [3.05, 3.63) is 17.3 Å². The Hall–Kier alpha value is -0.910. The molecule has 2 aliphatic heterocycles. The van der Waals surface area contributed by atoms with Crippen LogP contribution >= 0.6 is 0 Å². The molecule has 0 saturated carbocycles. The Kier molecular flexibility index (Phi) is 2.44. The van der Waals surface area contributed by atoms with Gasteiger partial charge in [-0.25, -0.2) is 4.98 Å². The third kappa shape index (κ3) is 1.90. The number of rotatable bonds is 2. The molecule has 5 heteroatoms. The fourth-order valence-corrected chi connectivity index (χ4v) is 2.14. The first kappa shape index (κ1) is 9.33. The van der Waals surface area contributed by atoms with Gasteiger partial charge < -0.3 is 15.1 Å². The Balaban J connectivity index is 1.66. The van der Waals surface area contributed by atoms with Crippen LogP contribution in [-0.4, -0.2) is 36.1 Å². The third-order valence-electron chi connectivity index (χ3n) is 2.97. The normalized spacial score (nSPS) is 21.9. The molecule has 1 aromatic rings. The fourth-order valence-electron chi connectivity index (χ4n) is 2.14. The zero-order chi connectivity index (χ0) is 10.1. The maximum Gasteiger partial charge on any atom is 0.208 e. The summed E-state index contributed by atoms with van der Waals surface area (Å²) in [6.07, 6.45) is 0. The summed E-state index contributed by atoms with van der Waals surface area (Å²) in [6.45, 7) is 6.87. The van der Waals surface area contributed by atoms with E-state index in [9.17, 15) is 0 Å². The number of aromatic nitrogens is 1. The molecule has 0 amide bonds. The summed E-state index contributed by atoms with van der Waals surface area (Å²) in [7, 11) is 0. The molecule has 2 aliphatic rings. The van der Waals surface area contributed by atoms with Gasteiger partial charge >= 0.3 is 0 Å². The van der Waals surface area contributed by atoms with Crippen LogP contribution in [0.4, 0.5) is 0 Å². The molecule has 82 valence electrons. The van der Waals surface area contributed by atoms with Gasteiger partial charge in [0.05, 0.1) is 18.8 Å². The van der Waals surface area contributed by atoms with E-state index < -0.39 is 0 Å². The van der Waals surface area contributed by atoms with Gasteiger partial charge in [-0.15, -0.1) is 0 Å². The van der Waals surface area contributed by atoms with Crippen LogP contribution in [0.1, 0.15) is 17.3 Å². The van der Waals surface area contributed by atoms with E-state index in [-0.39, 0.29) is 0 Å². The summed E-state index contributed by atoms with van der Waals surface area (Å²) in [4.78, 5) is 6.87. The van der Waals surface area contributed by atoms with Crippen LogP contribution in [0.25, 0.3) is 0 Å². The minimum absolute atomic E-state index is 0.837. The Morgan fingerprint density at radius 3 is 2.87 bits per heavy atom. The average Bonchev–Trinajstić information content (AvgIpc) is 2.79. The molecule has 0 bridgehead atoms. The van der Waals surface area contributed by atoms with Gasteiger partial charge in [0.1, 0.15) is 5.76 Å². The number of hydrogen-bond donors (Lipinski definition) is 2. The smallest absolute Gasteiger partial charge is 0.208 e. The molecule has 15 heavy (non-hydrogen) atoms. The van der Waals surface area contributed by atoms with E-state index in [2.05, 4.69) is 20.5 Å². The monoisotopic (exact) mass is 208 g/mol. The van der Waals surface area contributed by atoms with E-state index in [1.165, 1.54) is 0 Å². The highest BCUT2D eigenvalue weighted by Gasteiger charge is 2.19. The van der Waals surface area contributed by atoms with Crippen molar-refractivity contribution >= 4 is 0 Å². The van der Waals surface area contributed by atoms with E-state index in [4.69, 9.17) is 4.42 Å². The number of hydrogen-bond acceptors (Lipinski definition) is 5. The number of fused-ring (bicyclic) bond motifs is 1. The summed E-state index contributed by atoms with van der Waals surface area (Å²) >= 11 is 0. The van der Waals surface area contributed by atoms with Crippen LogP contribution in [-0.2, 0) is 19.6 Å². The van der Waals surface area contributed by atoms with E-state index in [1.54, 1.807) is 0 Å². The van der Waals surface area contributed by atoms with E-state index in [0.29, 0.717) is 0 Å². The molecule has 0 aromatic carbocycles. The van der Waals surface area contributed by atoms with Crippen LogP contribution in [0.3, 0.4) is 0 Å². The third-order valence-corrected chi connectivity index (χ3v) is 2.97. The maximum absolute atomic E-state index is 5.69.